The second-order valence-electron chi connectivity index (χ2n) is 8.88. The lowest BCUT2D eigenvalue weighted by Crippen LogP contribution is -2.40. The minimum Gasteiger partial charge on any atom is -0.381 e. The number of rotatable bonds is 4. The summed E-state index contributed by atoms with van der Waals surface area (Å²) in [5.41, 5.74) is 11.1. The van der Waals surface area contributed by atoms with E-state index in [9.17, 15) is 4.79 Å². The molecule has 1 unspecified atom stereocenters. The number of benzene rings is 2. The van der Waals surface area contributed by atoms with Gasteiger partial charge in [-0.2, -0.15) is 9.67 Å². The number of hydrogen-bond acceptors (Lipinski definition) is 5. The van der Waals surface area contributed by atoms with Gasteiger partial charge in [0.1, 0.15) is 17.3 Å². The van der Waals surface area contributed by atoms with Gasteiger partial charge in [0.2, 0.25) is 0 Å². The van der Waals surface area contributed by atoms with Crippen molar-refractivity contribution in [2.45, 2.75) is 13.0 Å². The smallest absolute Gasteiger partial charge is 0.283 e. The van der Waals surface area contributed by atoms with E-state index in [-0.39, 0.29) is 17.3 Å². The maximum absolute atomic E-state index is 13.4. The van der Waals surface area contributed by atoms with Crippen LogP contribution >= 0.6 is 0 Å². The number of anilines is 1. The molecule has 0 aliphatic heterocycles. The van der Waals surface area contributed by atoms with E-state index in [1.165, 1.54) is 4.52 Å². The van der Waals surface area contributed by atoms with Gasteiger partial charge in [0.25, 0.3) is 11.7 Å². The van der Waals surface area contributed by atoms with Gasteiger partial charge in [0.15, 0.2) is 22.5 Å². The molecule has 0 aliphatic rings. The SMILES string of the molecule is CC(NC(=O)c1c(N)nn2cccnc12)c1[nH]c2cccc(C#Cc3cnn(C)c3)c2[n+]1-c1ccccc1. The average Bonchev–Trinajstić information content (AvgIpc) is 3.62. The monoisotopic (exact) mass is 502 g/mol. The summed E-state index contributed by atoms with van der Waals surface area (Å²) in [5, 5.41) is 11.5. The lowest BCUT2D eigenvalue weighted by atomic mass is 10.1. The van der Waals surface area contributed by atoms with Gasteiger partial charge in [-0.1, -0.05) is 36.1 Å². The third kappa shape index (κ3) is 4.02. The summed E-state index contributed by atoms with van der Waals surface area (Å²) in [6, 6.07) is 17.2. The number of carbonyl (C=O) groups is 1. The van der Waals surface area contributed by atoms with E-state index in [1.807, 2.05) is 68.7 Å². The van der Waals surface area contributed by atoms with Crippen LogP contribution in [0.3, 0.4) is 0 Å². The molecule has 10 heteroatoms. The number of nitrogens with two attached hydrogens (primary N) is 1. The minimum absolute atomic E-state index is 0.119. The van der Waals surface area contributed by atoms with Crippen molar-refractivity contribution in [1.82, 2.24) is 34.7 Å². The number of aryl methyl sites for hydroxylation is 1. The zero-order valence-electron chi connectivity index (χ0n) is 20.8. The van der Waals surface area contributed by atoms with Crippen LogP contribution in [-0.4, -0.2) is 35.3 Å². The van der Waals surface area contributed by atoms with Gasteiger partial charge in [0.05, 0.1) is 17.3 Å². The molecule has 38 heavy (non-hydrogen) atoms. The van der Waals surface area contributed by atoms with Gasteiger partial charge in [-0.15, -0.1) is 5.10 Å². The molecule has 1 amide bonds. The van der Waals surface area contributed by atoms with Crippen molar-refractivity contribution >= 4 is 28.4 Å². The molecule has 1 atom stereocenters. The molecule has 2 aromatic carbocycles. The molecule has 4 aromatic heterocycles. The van der Waals surface area contributed by atoms with E-state index < -0.39 is 6.04 Å². The second kappa shape index (κ2) is 9.22. The lowest BCUT2D eigenvalue weighted by molar-refractivity contribution is -0.578. The summed E-state index contributed by atoms with van der Waals surface area (Å²) in [7, 11) is 1.86. The number of carbonyl (C=O) groups excluding carboxylic acids is 1. The Kier molecular flexibility index (Phi) is 5.58. The van der Waals surface area contributed by atoms with Crippen molar-refractivity contribution in [3.63, 3.8) is 0 Å². The number of amides is 1. The summed E-state index contributed by atoms with van der Waals surface area (Å²) < 4.78 is 5.31. The number of aromatic amines is 1. The normalized spacial score (nSPS) is 11.8. The van der Waals surface area contributed by atoms with Crippen molar-refractivity contribution in [2.75, 3.05) is 5.73 Å². The van der Waals surface area contributed by atoms with Crippen LogP contribution in [0.15, 0.2) is 79.4 Å². The van der Waals surface area contributed by atoms with E-state index >= 15 is 0 Å². The molecule has 6 rings (SSSR count). The molecule has 4 N–H and O–H groups in total. The molecule has 0 fully saturated rings. The van der Waals surface area contributed by atoms with Crippen LogP contribution in [0.25, 0.3) is 22.4 Å². The van der Waals surface area contributed by atoms with Crippen molar-refractivity contribution in [3.8, 4) is 17.5 Å². The van der Waals surface area contributed by atoms with E-state index in [1.54, 1.807) is 29.3 Å². The van der Waals surface area contributed by atoms with Crippen LogP contribution in [0.4, 0.5) is 5.82 Å². The van der Waals surface area contributed by atoms with Crippen LogP contribution in [-0.2, 0) is 7.05 Å². The topological polar surface area (TPSA) is 123 Å². The van der Waals surface area contributed by atoms with Gasteiger partial charge in [-0.25, -0.2) is 14.5 Å². The van der Waals surface area contributed by atoms with Crippen molar-refractivity contribution in [1.29, 1.82) is 0 Å². The lowest BCUT2D eigenvalue weighted by Gasteiger charge is -2.11. The molecular weight excluding hydrogens is 478 g/mol. The first-order valence-electron chi connectivity index (χ1n) is 12.0. The highest BCUT2D eigenvalue weighted by molar-refractivity contribution is 6.04. The fourth-order valence-corrected chi connectivity index (χ4v) is 4.53. The van der Waals surface area contributed by atoms with Gasteiger partial charge >= 0.3 is 0 Å². The molecule has 6 aromatic rings. The third-order valence-corrected chi connectivity index (χ3v) is 6.23. The Morgan fingerprint density at radius 2 is 1.97 bits per heavy atom. The summed E-state index contributed by atoms with van der Waals surface area (Å²) in [5.74, 6) is 7.04. The van der Waals surface area contributed by atoms with Crippen LogP contribution in [0.5, 0.6) is 0 Å². The minimum atomic E-state index is -0.424. The number of hydrogen-bond donors (Lipinski definition) is 3. The third-order valence-electron chi connectivity index (χ3n) is 6.23. The summed E-state index contributed by atoms with van der Waals surface area (Å²) >= 11 is 0. The molecule has 0 aliphatic carbocycles. The zero-order chi connectivity index (χ0) is 26.2. The van der Waals surface area contributed by atoms with Crippen LogP contribution in [0.1, 0.15) is 40.3 Å². The average molecular weight is 503 g/mol. The molecular formula is C28H24N9O+. The number of aromatic nitrogens is 7. The highest BCUT2D eigenvalue weighted by Gasteiger charge is 2.29. The fourth-order valence-electron chi connectivity index (χ4n) is 4.53. The quantitative estimate of drug-likeness (QED) is 0.253. The Bertz CT molecular complexity index is 1870. The Hall–Kier alpha value is -5.43. The van der Waals surface area contributed by atoms with Crippen molar-refractivity contribution in [2.24, 2.45) is 7.05 Å². The Morgan fingerprint density at radius 1 is 1.13 bits per heavy atom. The highest BCUT2D eigenvalue weighted by Crippen LogP contribution is 2.22. The van der Waals surface area contributed by atoms with Gasteiger partial charge in [-0.3, -0.25) is 9.48 Å². The van der Waals surface area contributed by atoms with E-state index in [0.717, 1.165) is 33.7 Å². The number of H-pyrrole nitrogens is 1. The zero-order valence-corrected chi connectivity index (χ0v) is 20.8. The van der Waals surface area contributed by atoms with Crippen molar-refractivity contribution < 1.29 is 9.36 Å². The molecule has 0 saturated heterocycles. The largest absolute Gasteiger partial charge is 0.381 e. The van der Waals surface area contributed by atoms with E-state index in [4.69, 9.17) is 5.73 Å². The predicted molar refractivity (Wildman–Crippen MR) is 142 cm³/mol. The van der Waals surface area contributed by atoms with Crippen LogP contribution < -0.4 is 15.6 Å². The predicted octanol–water partition coefficient (Wildman–Crippen LogP) is 2.69. The van der Waals surface area contributed by atoms with Gasteiger partial charge < -0.3 is 11.1 Å². The van der Waals surface area contributed by atoms with Crippen molar-refractivity contribution in [3.05, 3.63) is 102 Å². The summed E-state index contributed by atoms with van der Waals surface area (Å²) in [4.78, 5) is 21.2. The number of fused-ring (bicyclic) bond motifs is 2. The highest BCUT2D eigenvalue weighted by atomic mass is 16.1. The van der Waals surface area contributed by atoms with Gasteiger partial charge in [-0.05, 0) is 37.3 Å². The Balaban J connectivity index is 1.45. The maximum atomic E-state index is 13.4. The molecule has 4 heterocycles. The standard InChI is InChI=1S/C28H23N9O/c1-18(32-28(38)23-25(29)34-36-15-7-14-30-27(23)36)26-33-22-11-6-8-20(13-12-19-16-31-35(2)17-19)24(22)37(26)21-9-4-3-5-10-21/h3-11,14-18H,1-2H3,(H3,29,32,34,38)/p+1. The van der Waals surface area contributed by atoms with Crippen LogP contribution in [0.2, 0.25) is 0 Å². The number of nitrogen functional groups attached to an aromatic ring is 1. The first-order valence-corrected chi connectivity index (χ1v) is 12.0. The number of para-hydroxylation sites is 2. The number of imidazole rings is 1. The Morgan fingerprint density at radius 3 is 2.76 bits per heavy atom. The second-order valence-corrected chi connectivity index (χ2v) is 8.88. The molecule has 0 bridgehead atoms. The molecule has 10 nitrogen and oxygen atoms in total. The first kappa shape index (κ1) is 23.0. The van der Waals surface area contributed by atoms with Gasteiger partial charge in [0, 0.05) is 25.6 Å². The molecule has 0 saturated carbocycles. The molecule has 0 radical (unpaired) electrons. The van der Waals surface area contributed by atoms with Crippen LogP contribution in [0, 0.1) is 11.8 Å². The number of nitrogens with zero attached hydrogens (tertiary/aromatic N) is 6. The first-order chi connectivity index (χ1) is 18.5. The summed E-state index contributed by atoms with van der Waals surface area (Å²) in [6.45, 7) is 1.92. The molecule has 186 valence electrons. The Labute approximate surface area is 217 Å². The van der Waals surface area contributed by atoms with E-state index in [2.05, 4.69) is 41.9 Å². The van der Waals surface area contributed by atoms with E-state index in [0.29, 0.717) is 5.65 Å². The fraction of sp³-hybridized carbons (Fsp3) is 0.107. The summed E-state index contributed by atoms with van der Waals surface area (Å²) in [6.07, 6.45) is 6.92. The molecule has 0 spiro atoms. The maximum Gasteiger partial charge on any atom is 0.283 e. The number of nitrogens with one attached hydrogen (secondary N) is 2.